The Balaban J connectivity index is 1.71. The molecular weight excluding hydrogens is 344 g/mol. The molecule has 1 heterocycles. The van der Waals surface area contributed by atoms with E-state index in [0.717, 1.165) is 11.1 Å². The third-order valence-corrected chi connectivity index (χ3v) is 5.01. The standard InChI is InChI=1S/C21H22N2O4/c1-23-18(24)12-11-17(19(23)15-5-3-2-4-6-15)20(25)22-13-14-7-9-16(10-8-14)21(26)27/h2-10,17,19H,11-13H2,1H3,(H,22,25)(H,26,27). The summed E-state index contributed by atoms with van der Waals surface area (Å²) in [6.45, 7) is 0.314. The number of nitrogens with one attached hydrogen (secondary N) is 1. The lowest BCUT2D eigenvalue weighted by Crippen LogP contribution is -2.46. The van der Waals surface area contributed by atoms with Crippen LogP contribution in [0.15, 0.2) is 54.6 Å². The molecule has 2 N–H and O–H groups in total. The average Bonchev–Trinajstić information content (AvgIpc) is 2.69. The molecule has 140 valence electrons. The SMILES string of the molecule is CN1C(=O)CCC(C(=O)NCc2ccc(C(=O)O)cc2)C1c1ccccc1. The van der Waals surface area contributed by atoms with E-state index in [9.17, 15) is 14.4 Å². The molecule has 1 aliphatic heterocycles. The topological polar surface area (TPSA) is 86.7 Å². The van der Waals surface area contributed by atoms with E-state index in [2.05, 4.69) is 5.32 Å². The first-order valence-electron chi connectivity index (χ1n) is 8.88. The van der Waals surface area contributed by atoms with Crippen LogP contribution < -0.4 is 5.32 Å². The van der Waals surface area contributed by atoms with Gasteiger partial charge in [0.2, 0.25) is 11.8 Å². The van der Waals surface area contributed by atoms with E-state index in [4.69, 9.17) is 5.11 Å². The van der Waals surface area contributed by atoms with Crippen molar-refractivity contribution in [3.63, 3.8) is 0 Å². The van der Waals surface area contributed by atoms with Gasteiger partial charge in [0.1, 0.15) is 0 Å². The molecule has 1 fully saturated rings. The number of carboxylic acids is 1. The minimum atomic E-state index is -0.980. The van der Waals surface area contributed by atoms with Crippen LogP contribution in [0.2, 0.25) is 0 Å². The highest BCUT2D eigenvalue weighted by atomic mass is 16.4. The van der Waals surface area contributed by atoms with Gasteiger partial charge in [0.05, 0.1) is 17.5 Å². The lowest BCUT2D eigenvalue weighted by atomic mass is 9.84. The van der Waals surface area contributed by atoms with Crippen LogP contribution in [-0.4, -0.2) is 34.8 Å². The fraction of sp³-hybridized carbons (Fsp3) is 0.286. The van der Waals surface area contributed by atoms with E-state index < -0.39 is 5.97 Å². The molecule has 1 aliphatic rings. The predicted octanol–water partition coefficient (Wildman–Crippen LogP) is 2.61. The second-order valence-corrected chi connectivity index (χ2v) is 6.73. The van der Waals surface area contributed by atoms with Crippen molar-refractivity contribution in [3.05, 3.63) is 71.3 Å². The second kappa shape index (κ2) is 8.03. The lowest BCUT2D eigenvalue weighted by Gasteiger charge is -2.38. The van der Waals surface area contributed by atoms with Crippen LogP contribution >= 0.6 is 0 Å². The van der Waals surface area contributed by atoms with Gasteiger partial charge in [0.25, 0.3) is 0 Å². The number of aromatic carboxylic acids is 1. The fourth-order valence-corrected chi connectivity index (χ4v) is 3.50. The van der Waals surface area contributed by atoms with E-state index in [1.807, 2.05) is 30.3 Å². The quantitative estimate of drug-likeness (QED) is 0.852. The molecule has 6 heteroatoms. The number of hydrogen-bond donors (Lipinski definition) is 2. The highest BCUT2D eigenvalue weighted by molar-refractivity contribution is 5.87. The third-order valence-electron chi connectivity index (χ3n) is 5.01. The third kappa shape index (κ3) is 4.16. The van der Waals surface area contributed by atoms with Crippen molar-refractivity contribution in [2.24, 2.45) is 5.92 Å². The summed E-state index contributed by atoms with van der Waals surface area (Å²) in [6.07, 6.45) is 0.859. The van der Waals surface area contributed by atoms with Crippen molar-refractivity contribution in [2.75, 3.05) is 7.05 Å². The van der Waals surface area contributed by atoms with E-state index in [0.29, 0.717) is 19.4 Å². The highest BCUT2D eigenvalue weighted by Crippen LogP contribution is 2.35. The Kier molecular flexibility index (Phi) is 5.54. The Hall–Kier alpha value is -3.15. The van der Waals surface area contributed by atoms with E-state index in [-0.39, 0.29) is 29.3 Å². The zero-order chi connectivity index (χ0) is 19.4. The van der Waals surface area contributed by atoms with Gasteiger partial charge in [-0.2, -0.15) is 0 Å². The summed E-state index contributed by atoms with van der Waals surface area (Å²) >= 11 is 0. The summed E-state index contributed by atoms with van der Waals surface area (Å²) in [4.78, 5) is 37.6. The maximum absolute atomic E-state index is 12.8. The molecule has 2 atom stereocenters. The number of piperidine rings is 1. The number of amides is 2. The van der Waals surface area contributed by atoms with Crippen molar-refractivity contribution in [1.29, 1.82) is 0 Å². The average molecular weight is 366 g/mol. The molecule has 2 aromatic carbocycles. The Morgan fingerprint density at radius 2 is 1.78 bits per heavy atom. The first kappa shape index (κ1) is 18.6. The summed E-state index contributed by atoms with van der Waals surface area (Å²) in [6, 6.07) is 15.7. The smallest absolute Gasteiger partial charge is 0.335 e. The molecule has 2 unspecified atom stereocenters. The Bertz CT molecular complexity index is 833. The molecule has 3 rings (SSSR count). The highest BCUT2D eigenvalue weighted by Gasteiger charge is 2.38. The largest absolute Gasteiger partial charge is 0.478 e. The molecule has 0 bridgehead atoms. The molecule has 0 radical (unpaired) electrons. The van der Waals surface area contributed by atoms with Crippen LogP contribution in [0.1, 0.15) is 40.4 Å². The molecular formula is C21H22N2O4. The number of carbonyl (C=O) groups excluding carboxylic acids is 2. The minimum absolute atomic E-state index is 0.0390. The van der Waals surface area contributed by atoms with Gasteiger partial charge in [-0.1, -0.05) is 42.5 Å². The molecule has 0 aromatic heterocycles. The summed E-state index contributed by atoms with van der Waals surface area (Å²) in [5, 5.41) is 11.9. The Morgan fingerprint density at radius 1 is 1.11 bits per heavy atom. The predicted molar refractivity (Wildman–Crippen MR) is 99.9 cm³/mol. The molecule has 6 nitrogen and oxygen atoms in total. The number of rotatable bonds is 5. The van der Waals surface area contributed by atoms with Crippen molar-refractivity contribution >= 4 is 17.8 Å². The Morgan fingerprint density at radius 3 is 2.41 bits per heavy atom. The van der Waals surface area contributed by atoms with E-state index in [1.54, 1.807) is 24.1 Å². The first-order chi connectivity index (χ1) is 13.0. The van der Waals surface area contributed by atoms with Gasteiger partial charge in [-0.15, -0.1) is 0 Å². The second-order valence-electron chi connectivity index (χ2n) is 6.73. The molecule has 0 aliphatic carbocycles. The number of benzene rings is 2. The molecule has 2 aromatic rings. The van der Waals surface area contributed by atoms with Gasteiger partial charge in [-0.3, -0.25) is 9.59 Å². The molecule has 1 saturated heterocycles. The van der Waals surface area contributed by atoms with Crippen molar-refractivity contribution in [2.45, 2.75) is 25.4 Å². The van der Waals surface area contributed by atoms with Crippen LogP contribution in [0, 0.1) is 5.92 Å². The molecule has 0 saturated carbocycles. The van der Waals surface area contributed by atoms with Crippen LogP contribution in [0.4, 0.5) is 0 Å². The fourth-order valence-electron chi connectivity index (χ4n) is 3.50. The number of carbonyl (C=O) groups is 3. The van der Waals surface area contributed by atoms with Gasteiger partial charge in [-0.05, 0) is 29.7 Å². The van der Waals surface area contributed by atoms with Crippen LogP contribution in [0.5, 0.6) is 0 Å². The van der Waals surface area contributed by atoms with Gasteiger partial charge in [-0.25, -0.2) is 4.79 Å². The summed E-state index contributed by atoms with van der Waals surface area (Å²) in [5.74, 6) is -1.37. The number of nitrogens with zero attached hydrogens (tertiary/aromatic N) is 1. The summed E-state index contributed by atoms with van der Waals surface area (Å²) in [5.41, 5.74) is 1.98. The lowest BCUT2D eigenvalue weighted by molar-refractivity contribution is -0.141. The van der Waals surface area contributed by atoms with Crippen molar-refractivity contribution in [1.82, 2.24) is 10.2 Å². The normalized spacial score (nSPS) is 19.6. The van der Waals surface area contributed by atoms with Crippen molar-refractivity contribution in [3.8, 4) is 0 Å². The maximum atomic E-state index is 12.8. The molecule has 2 amide bonds. The molecule has 27 heavy (non-hydrogen) atoms. The summed E-state index contributed by atoms with van der Waals surface area (Å²) in [7, 11) is 1.74. The first-order valence-corrected chi connectivity index (χ1v) is 8.88. The van der Waals surface area contributed by atoms with Gasteiger partial charge in [0.15, 0.2) is 0 Å². The number of carboxylic acid groups (broad SMARTS) is 1. The van der Waals surface area contributed by atoms with Crippen LogP contribution in [0.3, 0.4) is 0 Å². The van der Waals surface area contributed by atoms with Crippen molar-refractivity contribution < 1.29 is 19.5 Å². The van der Waals surface area contributed by atoms with Gasteiger partial charge in [0, 0.05) is 20.0 Å². The van der Waals surface area contributed by atoms with E-state index in [1.165, 1.54) is 12.1 Å². The summed E-state index contributed by atoms with van der Waals surface area (Å²) < 4.78 is 0. The zero-order valence-electron chi connectivity index (χ0n) is 15.1. The Labute approximate surface area is 157 Å². The van der Waals surface area contributed by atoms with Gasteiger partial charge >= 0.3 is 5.97 Å². The zero-order valence-corrected chi connectivity index (χ0v) is 15.1. The van der Waals surface area contributed by atoms with Crippen LogP contribution in [-0.2, 0) is 16.1 Å². The maximum Gasteiger partial charge on any atom is 0.335 e. The minimum Gasteiger partial charge on any atom is -0.478 e. The van der Waals surface area contributed by atoms with E-state index >= 15 is 0 Å². The van der Waals surface area contributed by atoms with Crippen LogP contribution in [0.25, 0.3) is 0 Å². The number of hydrogen-bond acceptors (Lipinski definition) is 3. The number of likely N-dealkylation sites (tertiary alicyclic amines) is 1. The molecule has 0 spiro atoms. The van der Waals surface area contributed by atoms with Gasteiger partial charge < -0.3 is 15.3 Å². The monoisotopic (exact) mass is 366 g/mol.